The summed E-state index contributed by atoms with van der Waals surface area (Å²) in [6.07, 6.45) is 5.93. The van der Waals surface area contributed by atoms with E-state index < -0.39 is 0 Å². The molecule has 0 bridgehead atoms. The first-order valence-corrected chi connectivity index (χ1v) is 6.26. The van der Waals surface area contributed by atoms with Gasteiger partial charge in [0.25, 0.3) is 0 Å². The normalized spacial score (nSPS) is 14.5. The second-order valence-electron chi connectivity index (χ2n) is 4.50. The molecule has 2 aromatic rings. The number of aromatic nitrogens is 1. The van der Waals surface area contributed by atoms with Crippen molar-refractivity contribution >= 4 is 18.0 Å². The Balaban J connectivity index is 1.79. The third-order valence-corrected chi connectivity index (χ3v) is 2.88. The Morgan fingerprint density at radius 3 is 2.74 bits per heavy atom. The summed E-state index contributed by atoms with van der Waals surface area (Å²) in [4.78, 5) is 4.15. The van der Waals surface area contributed by atoms with Crippen molar-refractivity contribution < 1.29 is 4.42 Å². The zero-order valence-corrected chi connectivity index (χ0v) is 10.3. The van der Waals surface area contributed by atoms with Crippen LogP contribution in [0.2, 0.25) is 0 Å². The summed E-state index contributed by atoms with van der Waals surface area (Å²) in [6, 6.07) is 12.4. The predicted octanol–water partition coefficient (Wildman–Crippen LogP) is 3.29. The van der Waals surface area contributed by atoms with Crippen molar-refractivity contribution in [2.24, 2.45) is 0 Å². The molecule has 1 aromatic carbocycles. The Labute approximate surface area is 111 Å². The minimum atomic E-state index is 0.319. The van der Waals surface area contributed by atoms with Gasteiger partial charge in [0, 0.05) is 12.1 Å². The third-order valence-electron chi connectivity index (χ3n) is 2.88. The smallest absolute Gasteiger partial charge is 0.232 e. The van der Waals surface area contributed by atoms with E-state index in [1.165, 1.54) is 0 Å². The lowest BCUT2D eigenvalue weighted by atomic mass is 10.2. The fourth-order valence-corrected chi connectivity index (χ4v) is 1.73. The highest BCUT2D eigenvalue weighted by atomic mass is 16.4. The maximum absolute atomic E-state index is 9.01. The Morgan fingerprint density at radius 2 is 2.05 bits per heavy atom. The topological polar surface area (TPSA) is 61.9 Å². The van der Waals surface area contributed by atoms with Gasteiger partial charge in [0.15, 0.2) is 0 Å². The second-order valence-corrected chi connectivity index (χ2v) is 4.50. The van der Waals surface area contributed by atoms with Crippen LogP contribution in [0.15, 0.2) is 34.7 Å². The van der Waals surface area contributed by atoms with Gasteiger partial charge in [-0.1, -0.05) is 30.3 Å². The van der Waals surface area contributed by atoms with Crippen LogP contribution in [0.3, 0.4) is 0 Å². The first kappa shape index (κ1) is 11.5. The number of nitriles is 1. The molecule has 0 atom stereocenters. The molecule has 1 aliphatic carbocycles. The number of nitrogens with zero attached hydrogens (tertiary/aromatic N) is 2. The SMILES string of the molecule is N#Cc1nc(/C=C/c2ccccc2)oc1NC1CC1. The predicted molar refractivity (Wildman–Crippen MR) is 73.2 cm³/mol. The average Bonchev–Trinajstić information content (AvgIpc) is 3.17. The van der Waals surface area contributed by atoms with Crippen LogP contribution < -0.4 is 5.32 Å². The molecule has 1 saturated carbocycles. The number of hydrogen-bond donors (Lipinski definition) is 1. The maximum atomic E-state index is 9.01. The van der Waals surface area contributed by atoms with E-state index in [0.717, 1.165) is 18.4 Å². The Morgan fingerprint density at radius 1 is 1.26 bits per heavy atom. The van der Waals surface area contributed by atoms with Gasteiger partial charge in [-0.2, -0.15) is 10.2 Å². The Kier molecular flexibility index (Phi) is 3.03. The molecule has 1 aliphatic rings. The molecule has 0 radical (unpaired) electrons. The average molecular weight is 251 g/mol. The first-order chi connectivity index (χ1) is 9.35. The molecule has 3 rings (SSSR count). The molecule has 0 unspecified atom stereocenters. The van der Waals surface area contributed by atoms with Gasteiger partial charge in [0.05, 0.1) is 0 Å². The molecule has 4 heteroatoms. The van der Waals surface area contributed by atoms with Crippen molar-refractivity contribution in [3.63, 3.8) is 0 Å². The number of rotatable bonds is 4. The summed E-state index contributed by atoms with van der Waals surface area (Å²) in [5.41, 5.74) is 1.38. The van der Waals surface area contributed by atoms with Gasteiger partial charge in [-0.3, -0.25) is 0 Å². The minimum absolute atomic E-state index is 0.319. The second kappa shape index (κ2) is 4.99. The molecule has 1 heterocycles. The lowest BCUT2D eigenvalue weighted by Gasteiger charge is -1.96. The number of nitrogens with one attached hydrogen (secondary N) is 1. The van der Waals surface area contributed by atoms with E-state index in [1.54, 1.807) is 6.08 Å². The Bertz CT molecular complexity index is 633. The minimum Gasteiger partial charge on any atom is -0.420 e. The maximum Gasteiger partial charge on any atom is 0.232 e. The third kappa shape index (κ3) is 2.83. The van der Waals surface area contributed by atoms with Crippen LogP contribution >= 0.6 is 0 Å². The summed E-state index contributed by atoms with van der Waals surface area (Å²) in [5.74, 6) is 0.932. The van der Waals surface area contributed by atoms with Crippen LogP contribution in [-0.2, 0) is 0 Å². The van der Waals surface area contributed by atoms with Gasteiger partial charge < -0.3 is 9.73 Å². The molecule has 0 amide bonds. The Hall–Kier alpha value is -2.54. The van der Waals surface area contributed by atoms with Gasteiger partial charge in [0.2, 0.25) is 17.5 Å². The number of anilines is 1. The fraction of sp³-hybridized carbons (Fsp3) is 0.200. The molecule has 94 valence electrons. The largest absolute Gasteiger partial charge is 0.420 e. The number of hydrogen-bond acceptors (Lipinski definition) is 4. The van der Waals surface area contributed by atoms with Crippen molar-refractivity contribution in [2.75, 3.05) is 5.32 Å². The van der Waals surface area contributed by atoms with Crippen LogP contribution in [-0.4, -0.2) is 11.0 Å². The van der Waals surface area contributed by atoms with Crippen molar-refractivity contribution in [1.29, 1.82) is 5.26 Å². The van der Waals surface area contributed by atoms with Crippen molar-refractivity contribution in [3.05, 3.63) is 47.5 Å². The van der Waals surface area contributed by atoms with E-state index in [0.29, 0.717) is 23.5 Å². The van der Waals surface area contributed by atoms with Gasteiger partial charge in [-0.15, -0.1) is 0 Å². The van der Waals surface area contributed by atoms with Crippen molar-refractivity contribution in [2.45, 2.75) is 18.9 Å². The summed E-state index contributed by atoms with van der Waals surface area (Å²) in [5, 5.41) is 12.2. The molecular weight excluding hydrogens is 238 g/mol. The standard InChI is InChI=1S/C15H13N3O/c16-10-13-15(17-12-7-8-12)19-14(18-13)9-6-11-4-2-1-3-5-11/h1-6,9,12,17H,7-8H2/b9-6+. The van der Waals surface area contributed by atoms with E-state index in [4.69, 9.17) is 9.68 Å². The van der Waals surface area contributed by atoms with Crippen LogP contribution in [0.1, 0.15) is 30.0 Å². The monoisotopic (exact) mass is 251 g/mol. The van der Waals surface area contributed by atoms with E-state index in [2.05, 4.69) is 10.3 Å². The number of oxazole rings is 1. The first-order valence-electron chi connectivity index (χ1n) is 6.26. The summed E-state index contributed by atoms with van der Waals surface area (Å²) in [7, 11) is 0. The van der Waals surface area contributed by atoms with Crippen LogP contribution in [0.5, 0.6) is 0 Å². The highest BCUT2D eigenvalue weighted by molar-refractivity contribution is 5.67. The fourth-order valence-electron chi connectivity index (χ4n) is 1.73. The van der Waals surface area contributed by atoms with E-state index in [-0.39, 0.29) is 0 Å². The van der Waals surface area contributed by atoms with E-state index >= 15 is 0 Å². The summed E-state index contributed by atoms with van der Waals surface area (Å²) < 4.78 is 5.55. The van der Waals surface area contributed by atoms with E-state index in [9.17, 15) is 0 Å². The lowest BCUT2D eigenvalue weighted by Crippen LogP contribution is -2.00. The highest BCUT2D eigenvalue weighted by Gasteiger charge is 2.24. The summed E-state index contributed by atoms with van der Waals surface area (Å²) >= 11 is 0. The molecule has 1 fully saturated rings. The zero-order chi connectivity index (χ0) is 13.1. The highest BCUT2D eigenvalue weighted by Crippen LogP contribution is 2.27. The van der Waals surface area contributed by atoms with Crippen LogP contribution in [0.4, 0.5) is 5.88 Å². The number of benzene rings is 1. The van der Waals surface area contributed by atoms with Gasteiger partial charge in [-0.05, 0) is 24.5 Å². The molecule has 0 saturated heterocycles. The van der Waals surface area contributed by atoms with Crippen LogP contribution in [0, 0.1) is 11.3 Å². The van der Waals surface area contributed by atoms with Gasteiger partial charge >= 0.3 is 0 Å². The molecule has 19 heavy (non-hydrogen) atoms. The van der Waals surface area contributed by atoms with Gasteiger partial charge in [-0.25, -0.2) is 0 Å². The molecular formula is C15H13N3O. The zero-order valence-electron chi connectivity index (χ0n) is 10.3. The molecule has 0 spiro atoms. The molecule has 1 N–H and O–H groups in total. The van der Waals surface area contributed by atoms with Gasteiger partial charge in [0.1, 0.15) is 6.07 Å². The molecule has 4 nitrogen and oxygen atoms in total. The van der Waals surface area contributed by atoms with Crippen molar-refractivity contribution in [3.8, 4) is 6.07 Å². The quantitative estimate of drug-likeness (QED) is 0.905. The van der Waals surface area contributed by atoms with Crippen molar-refractivity contribution in [1.82, 2.24) is 4.98 Å². The van der Waals surface area contributed by atoms with E-state index in [1.807, 2.05) is 42.5 Å². The molecule has 0 aliphatic heterocycles. The van der Waals surface area contributed by atoms with Crippen LogP contribution in [0.25, 0.3) is 12.2 Å². The lowest BCUT2D eigenvalue weighted by molar-refractivity contribution is 0.557. The summed E-state index contributed by atoms with van der Waals surface area (Å²) in [6.45, 7) is 0. The molecule has 1 aromatic heterocycles.